The van der Waals surface area contributed by atoms with Crippen LogP contribution in [0.2, 0.25) is 0 Å². The van der Waals surface area contributed by atoms with Gasteiger partial charge in [-0.15, -0.1) is 0 Å². The van der Waals surface area contributed by atoms with Gasteiger partial charge in [-0.25, -0.2) is 4.98 Å². The first-order valence-corrected chi connectivity index (χ1v) is 6.47. The van der Waals surface area contributed by atoms with E-state index in [1.54, 1.807) is 0 Å². The Balaban J connectivity index is 2.08. The van der Waals surface area contributed by atoms with Gasteiger partial charge in [-0.05, 0) is 0 Å². The number of fused-ring (bicyclic) bond motifs is 1. The monoisotopic (exact) mass is 313 g/mol. The summed E-state index contributed by atoms with van der Waals surface area (Å²) in [6.45, 7) is -0.565. The van der Waals surface area contributed by atoms with Crippen molar-refractivity contribution in [2.45, 2.75) is 30.6 Å². The standard InChI is InChI=1S/C11H15N5O6/c12-11-14-8-4(9(21)15-11)13-2-16(8)10-7(20)6(19)5(18)3(1-17)22-10/h2-3,5-7,10,17-20H,1H2,(H3,12,14,15,21)/t3-,5-,6+,7-,10-/m1/s1. The summed E-state index contributed by atoms with van der Waals surface area (Å²) in [5.74, 6) is -0.149. The van der Waals surface area contributed by atoms with E-state index in [1.165, 1.54) is 10.9 Å². The number of nitrogens with two attached hydrogens (primary N) is 1. The smallest absolute Gasteiger partial charge is 0.280 e. The summed E-state index contributed by atoms with van der Waals surface area (Å²) in [4.78, 5) is 21.8. The third-order valence-corrected chi connectivity index (χ3v) is 3.59. The molecule has 0 unspecified atom stereocenters. The van der Waals surface area contributed by atoms with Crippen molar-refractivity contribution in [3.8, 4) is 0 Å². The Kier molecular flexibility index (Phi) is 3.58. The molecule has 0 aliphatic carbocycles. The SMILES string of the molecule is Nc1nc2c(ncn2[C@@H]2O[C@H](CO)[C@@H](O)[C@H](O)[C@H]2O)c(=O)[nH]1. The van der Waals surface area contributed by atoms with Crippen LogP contribution in [0.1, 0.15) is 6.23 Å². The summed E-state index contributed by atoms with van der Waals surface area (Å²) in [5, 5.41) is 38.8. The Hall–Kier alpha value is -2.05. The molecule has 0 spiro atoms. The lowest BCUT2D eigenvalue weighted by Crippen LogP contribution is -2.56. The van der Waals surface area contributed by atoms with Crippen molar-refractivity contribution in [3.05, 3.63) is 16.7 Å². The van der Waals surface area contributed by atoms with Gasteiger partial charge in [-0.3, -0.25) is 14.3 Å². The Morgan fingerprint density at radius 2 is 2.05 bits per heavy atom. The fourth-order valence-corrected chi connectivity index (χ4v) is 2.44. The lowest BCUT2D eigenvalue weighted by atomic mass is 9.98. The van der Waals surface area contributed by atoms with E-state index >= 15 is 0 Å². The highest BCUT2D eigenvalue weighted by molar-refractivity contribution is 5.70. The van der Waals surface area contributed by atoms with Gasteiger partial charge in [0.05, 0.1) is 12.9 Å². The molecular weight excluding hydrogens is 298 g/mol. The van der Waals surface area contributed by atoms with Crippen LogP contribution >= 0.6 is 0 Å². The maximum absolute atomic E-state index is 11.7. The summed E-state index contributed by atoms with van der Waals surface area (Å²) >= 11 is 0. The summed E-state index contributed by atoms with van der Waals surface area (Å²) in [5.41, 5.74) is 4.94. The van der Waals surface area contributed by atoms with Crippen LogP contribution in [0.3, 0.4) is 0 Å². The van der Waals surface area contributed by atoms with Crippen LogP contribution in [0.4, 0.5) is 5.95 Å². The van der Waals surface area contributed by atoms with Crippen LogP contribution in [0.15, 0.2) is 11.1 Å². The summed E-state index contributed by atoms with van der Waals surface area (Å²) in [6, 6.07) is 0. The van der Waals surface area contributed by atoms with Gasteiger partial charge in [0.25, 0.3) is 5.56 Å². The average Bonchev–Trinajstić information content (AvgIpc) is 2.89. The van der Waals surface area contributed by atoms with Crippen LogP contribution < -0.4 is 11.3 Å². The minimum absolute atomic E-state index is 0.0221. The zero-order valence-electron chi connectivity index (χ0n) is 11.2. The fourth-order valence-electron chi connectivity index (χ4n) is 2.44. The van der Waals surface area contributed by atoms with Crippen LogP contribution in [0, 0.1) is 0 Å². The van der Waals surface area contributed by atoms with Gasteiger partial charge in [-0.1, -0.05) is 0 Å². The van der Waals surface area contributed by atoms with E-state index in [0.717, 1.165) is 0 Å². The number of nitrogen functional groups attached to an aromatic ring is 1. The molecule has 7 N–H and O–H groups in total. The lowest BCUT2D eigenvalue weighted by Gasteiger charge is -2.40. The van der Waals surface area contributed by atoms with Crippen molar-refractivity contribution < 1.29 is 25.2 Å². The molecule has 3 heterocycles. The number of aliphatic hydroxyl groups is 4. The molecule has 2 aromatic heterocycles. The molecule has 1 aliphatic heterocycles. The normalized spacial score (nSPS) is 32.5. The first kappa shape index (κ1) is 14.9. The van der Waals surface area contributed by atoms with Crippen molar-refractivity contribution in [2.75, 3.05) is 12.3 Å². The second-order valence-electron chi connectivity index (χ2n) is 4.99. The number of hydrogen-bond acceptors (Lipinski definition) is 9. The molecule has 22 heavy (non-hydrogen) atoms. The molecule has 11 heteroatoms. The Bertz CT molecular complexity index is 742. The third kappa shape index (κ3) is 2.15. The molecule has 0 bridgehead atoms. The van der Waals surface area contributed by atoms with E-state index in [0.29, 0.717) is 0 Å². The quantitative estimate of drug-likeness (QED) is 0.330. The molecular formula is C11H15N5O6. The third-order valence-electron chi connectivity index (χ3n) is 3.59. The minimum atomic E-state index is -1.55. The number of H-pyrrole nitrogens is 1. The number of aromatic nitrogens is 4. The molecule has 1 saturated heterocycles. The number of nitrogens with zero attached hydrogens (tertiary/aromatic N) is 3. The number of nitrogens with one attached hydrogen (secondary N) is 1. The van der Waals surface area contributed by atoms with Crippen molar-refractivity contribution in [2.24, 2.45) is 0 Å². The summed E-state index contributed by atoms with van der Waals surface area (Å²) in [6.07, 6.45) is -5.63. The maximum atomic E-state index is 11.7. The van der Waals surface area contributed by atoms with Gasteiger partial charge in [-0.2, -0.15) is 4.98 Å². The van der Waals surface area contributed by atoms with Crippen LogP contribution in [-0.4, -0.2) is 71.0 Å². The summed E-state index contributed by atoms with van der Waals surface area (Å²) < 4.78 is 6.59. The number of aliphatic hydroxyl groups excluding tert-OH is 4. The van der Waals surface area contributed by atoms with E-state index < -0.39 is 42.8 Å². The molecule has 0 radical (unpaired) electrons. The van der Waals surface area contributed by atoms with Crippen LogP contribution in [0.25, 0.3) is 11.2 Å². The van der Waals surface area contributed by atoms with Crippen molar-refractivity contribution in [1.82, 2.24) is 19.5 Å². The van der Waals surface area contributed by atoms with Crippen LogP contribution in [-0.2, 0) is 4.74 Å². The van der Waals surface area contributed by atoms with E-state index in [9.17, 15) is 25.2 Å². The molecule has 0 saturated carbocycles. The van der Waals surface area contributed by atoms with Crippen molar-refractivity contribution in [3.63, 3.8) is 0 Å². The van der Waals surface area contributed by atoms with Crippen LogP contribution in [0.5, 0.6) is 0 Å². The predicted octanol–water partition coefficient (Wildman–Crippen LogP) is -3.33. The highest BCUT2D eigenvalue weighted by atomic mass is 16.6. The average molecular weight is 313 g/mol. The molecule has 0 aromatic carbocycles. The first-order chi connectivity index (χ1) is 10.4. The lowest BCUT2D eigenvalue weighted by molar-refractivity contribution is -0.250. The molecule has 120 valence electrons. The molecule has 3 rings (SSSR count). The van der Waals surface area contributed by atoms with Gasteiger partial charge in [0.15, 0.2) is 17.4 Å². The molecule has 5 atom stereocenters. The number of hydrogen-bond donors (Lipinski definition) is 6. The number of rotatable bonds is 2. The second-order valence-corrected chi connectivity index (χ2v) is 4.99. The topological polar surface area (TPSA) is 180 Å². The number of anilines is 1. The van der Waals surface area contributed by atoms with E-state index in [2.05, 4.69) is 15.0 Å². The van der Waals surface area contributed by atoms with Gasteiger partial charge in [0.2, 0.25) is 5.95 Å². The van der Waals surface area contributed by atoms with E-state index in [1.807, 2.05) is 0 Å². The largest absolute Gasteiger partial charge is 0.394 e. The predicted molar refractivity (Wildman–Crippen MR) is 71.6 cm³/mol. The van der Waals surface area contributed by atoms with Crippen molar-refractivity contribution in [1.29, 1.82) is 0 Å². The molecule has 0 amide bonds. The summed E-state index contributed by atoms with van der Waals surface area (Å²) in [7, 11) is 0. The highest BCUT2D eigenvalue weighted by Crippen LogP contribution is 2.29. The Morgan fingerprint density at radius 1 is 1.32 bits per heavy atom. The highest BCUT2D eigenvalue weighted by Gasteiger charge is 2.44. The number of aromatic amines is 1. The maximum Gasteiger partial charge on any atom is 0.280 e. The van der Waals surface area contributed by atoms with Gasteiger partial charge in [0.1, 0.15) is 24.4 Å². The Morgan fingerprint density at radius 3 is 2.73 bits per heavy atom. The van der Waals surface area contributed by atoms with Crippen molar-refractivity contribution >= 4 is 17.1 Å². The van der Waals surface area contributed by atoms with Gasteiger partial charge < -0.3 is 30.9 Å². The molecule has 1 fully saturated rings. The zero-order chi connectivity index (χ0) is 16.0. The molecule has 11 nitrogen and oxygen atoms in total. The fraction of sp³-hybridized carbons (Fsp3) is 0.545. The molecule has 2 aromatic rings. The first-order valence-electron chi connectivity index (χ1n) is 6.47. The van der Waals surface area contributed by atoms with Gasteiger partial charge in [0, 0.05) is 0 Å². The second kappa shape index (κ2) is 5.30. The number of imidazole rings is 1. The zero-order valence-corrected chi connectivity index (χ0v) is 11.2. The Labute approximate surface area is 122 Å². The van der Waals surface area contributed by atoms with Gasteiger partial charge >= 0.3 is 0 Å². The van der Waals surface area contributed by atoms with E-state index in [4.69, 9.17) is 10.5 Å². The molecule has 1 aliphatic rings. The van der Waals surface area contributed by atoms with E-state index in [-0.39, 0.29) is 17.1 Å². The minimum Gasteiger partial charge on any atom is -0.394 e. The number of ether oxygens (including phenoxy) is 1.